The minimum absolute atomic E-state index is 0.0261. The van der Waals surface area contributed by atoms with Crippen molar-refractivity contribution < 1.29 is 18.7 Å². The van der Waals surface area contributed by atoms with Crippen LogP contribution >= 0.6 is 0 Å². The van der Waals surface area contributed by atoms with E-state index >= 15 is 0 Å². The molecular weight excluding hydrogens is 357 g/mol. The SMILES string of the molecule is COc1cc([C@H]2OCCC34C[C@@H](C[C@H]23)C(C)(C)[C@@H]4NC(=O)C(C)C)ccc1F. The molecule has 1 amide bonds. The molecule has 1 saturated heterocycles. The molecular formula is C23H32FNO3. The van der Waals surface area contributed by atoms with Crippen LogP contribution in [0.15, 0.2) is 18.2 Å². The molecule has 2 bridgehead atoms. The van der Waals surface area contributed by atoms with Gasteiger partial charge in [0.2, 0.25) is 5.91 Å². The van der Waals surface area contributed by atoms with Gasteiger partial charge in [-0.3, -0.25) is 4.79 Å². The Kier molecular flexibility index (Phi) is 4.72. The van der Waals surface area contributed by atoms with Crippen LogP contribution in [0.4, 0.5) is 4.39 Å². The van der Waals surface area contributed by atoms with E-state index in [0.29, 0.717) is 18.4 Å². The molecule has 3 aliphatic rings. The van der Waals surface area contributed by atoms with E-state index in [1.807, 2.05) is 19.9 Å². The quantitative estimate of drug-likeness (QED) is 0.825. The molecule has 1 spiro atoms. The lowest BCUT2D eigenvalue weighted by molar-refractivity contribution is -0.139. The van der Waals surface area contributed by atoms with Gasteiger partial charge in [-0.15, -0.1) is 0 Å². The van der Waals surface area contributed by atoms with Crippen LogP contribution in [0.25, 0.3) is 0 Å². The fourth-order valence-corrected chi connectivity index (χ4v) is 6.28. The lowest BCUT2D eigenvalue weighted by atomic mass is 9.58. The van der Waals surface area contributed by atoms with Crippen LogP contribution in [0.2, 0.25) is 0 Å². The Morgan fingerprint density at radius 3 is 2.79 bits per heavy atom. The number of amides is 1. The Labute approximate surface area is 167 Å². The van der Waals surface area contributed by atoms with Crippen LogP contribution in [-0.4, -0.2) is 25.7 Å². The molecule has 2 saturated carbocycles. The Hall–Kier alpha value is -1.62. The van der Waals surface area contributed by atoms with Crippen LogP contribution < -0.4 is 10.1 Å². The van der Waals surface area contributed by atoms with Gasteiger partial charge in [-0.05, 0) is 59.6 Å². The van der Waals surface area contributed by atoms with Crippen LogP contribution in [0.5, 0.6) is 5.75 Å². The maximum atomic E-state index is 13.9. The summed E-state index contributed by atoms with van der Waals surface area (Å²) >= 11 is 0. The lowest BCUT2D eigenvalue weighted by Crippen LogP contribution is -2.59. The van der Waals surface area contributed by atoms with Crippen molar-refractivity contribution in [3.05, 3.63) is 29.6 Å². The smallest absolute Gasteiger partial charge is 0.222 e. The number of carbonyl (C=O) groups excluding carboxylic acids is 1. The molecule has 3 fully saturated rings. The van der Waals surface area contributed by atoms with Gasteiger partial charge in [0, 0.05) is 18.6 Å². The molecule has 2 aliphatic carbocycles. The number of fused-ring (bicyclic) bond motifs is 1. The maximum absolute atomic E-state index is 13.9. The van der Waals surface area contributed by atoms with Crippen LogP contribution in [0.1, 0.15) is 58.6 Å². The predicted molar refractivity (Wildman–Crippen MR) is 105 cm³/mol. The highest BCUT2D eigenvalue weighted by atomic mass is 19.1. The Balaban J connectivity index is 1.69. The minimum atomic E-state index is -0.354. The van der Waals surface area contributed by atoms with Crippen molar-refractivity contribution in [1.82, 2.24) is 5.32 Å². The highest BCUT2D eigenvalue weighted by Crippen LogP contribution is 2.70. The zero-order valence-corrected chi connectivity index (χ0v) is 17.5. The number of hydrogen-bond acceptors (Lipinski definition) is 3. The monoisotopic (exact) mass is 389 g/mol. The highest BCUT2D eigenvalue weighted by Gasteiger charge is 2.68. The predicted octanol–water partition coefficient (Wildman–Crippen LogP) is 4.49. The molecule has 1 heterocycles. The van der Waals surface area contributed by atoms with E-state index in [2.05, 4.69) is 19.2 Å². The third-order valence-electron chi connectivity index (χ3n) is 7.82. The van der Waals surface area contributed by atoms with Gasteiger partial charge in [-0.1, -0.05) is 33.8 Å². The summed E-state index contributed by atoms with van der Waals surface area (Å²) in [6.45, 7) is 9.17. The van der Waals surface area contributed by atoms with Gasteiger partial charge >= 0.3 is 0 Å². The van der Waals surface area contributed by atoms with Crippen molar-refractivity contribution in [2.45, 2.75) is 59.1 Å². The second-order valence-corrected chi connectivity index (χ2v) is 9.83. The molecule has 1 unspecified atom stereocenters. The van der Waals surface area contributed by atoms with Gasteiger partial charge < -0.3 is 14.8 Å². The standard InChI is InChI=1S/C23H32FNO3/c1-13(2)20(26)25-21-22(3,4)15-11-16-19(28-9-8-23(16,21)12-15)14-6-7-17(24)18(10-14)27-5/h6-7,10,13,15-16,19,21H,8-9,11-12H2,1-5H3,(H,25,26)/t15-,16-,19-,21+,23?/m1/s1. The van der Waals surface area contributed by atoms with E-state index in [9.17, 15) is 9.18 Å². The van der Waals surface area contributed by atoms with Crippen molar-refractivity contribution in [1.29, 1.82) is 0 Å². The highest BCUT2D eigenvalue weighted by molar-refractivity contribution is 5.78. The van der Waals surface area contributed by atoms with E-state index in [-0.39, 0.29) is 46.4 Å². The molecule has 154 valence electrons. The normalized spacial score (nSPS) is 35.7. The van der Waals surface area contributed by atoms with E-state index in [1.165, 1.54) is 13.2 Å². The molecule has 28 heavy (non-hydrogen) atoms. The average molecular weight is 390 g/mol. The summed E-state index contributed by atoms with van der Waals surface area (Å²) in [6.07, 6.45) is 3.11. The van der Waals surface area contributed by atoms with Gasteiger partial charge in [-0.2, -0.15) is 0 Å². The lowest BCUT2D eigenvalue weighted by Gasteiger charge is -2.53. The summed E-state index contributed by atoms with van der Waals surface area (Å²) in [5, 5.41) is 3.41. The number of methoxy groups -OCH3 is 1. The third kappa shape index (κ3) is 2.77. The van der Waals surface area contributed by atoms with Crippen LogP contribution in [0.3, 0.4) is 0 Å². The maximum Gasteiger partial charge on any atom is 0.222 e. The van der Waals surface area contributed by atoms with Crippen molar-refractivity contribution >= 4 is 5.91 Å². The second kappa shape index (κ2) is 6.72. The van der Waals surface area contributed by atoms with Gasteiger partial charge in [-0.25, -0.2) is 4.39 Å². The number of halogens is 1. The van der Waals surface area contributed by atoms with Crippen LogP contribution in [-0.2, 0) is 9.53 Å². The van der Waals surface area contributed by atoms with E-state index < -0.39 is 0 Å². The summed E-state index contributed by atoms with van der Waals surface area (Å²) in [5.74, 6) is 0.891. The van der Waals surface area contributed by atoms with Gasteiger partial charge in [0.25, 0.3) is 0 Å². The fraction of sp³-hybridized carbons (Fsp3) is 0.696. The van der Waals surface area contributed by atoms with E-state index in [4.69, 9.17) is 9.47 Å². The first-order chi connectivity index (χ1) is 13.2. The molecule has 0 aromatic heterocycles. The molecule has 1 N–H and O–H groups in total. The first-order valence-electron chi connectivity index (χ1n) is 10.5. The average Bonchev–Trinajstić information content (AvgIpc) is 3.14. The van der Waals surface area contributed by atoms with Gasteiger partial charge in [0.05, 0.1) is 13.2 Å². The zero-order chi connectivity index (χ0) is 20.3. The number of ether oxygens (including phenoxy) is 2. The van der Waals surface area contributed by atoms with Crippen molar-refractivity contribution in [3.63, 3.8) is 0 Å². The summed E-state index contributed by atoms with van der Waals surface area (Å²) in [5.41, 5.74) is 1.09. The molecule has 4 rings (SSSR count). The zero-order valence-electron chi connectivity index (χ0n) is 17.5. The summed E-state index contributed by atoms with van der Waals surface area (Å²) in [6, 6.07) is 5.21. The Morgan fingerprint density at radius 1 is 1.36 bits per heavy atom. The largest absolute Gasteiger partial charge is 0.494 e. The Bertz CT molecular complexity index is 777. The number of hydrogen-bond donors (Lipinski definition) is 1. The molecule has 1 aromatic carbocycles. The topological polar surface area (TPSA) is 47.6 Å². The molecule has 1 aliphatic heterocycles. The van der Waals surface area contributed by atoms with Crippen molar-refractivity contribution in [3.8, 4) is 5.75 Å². The first-order valence-corrected chi connectivity index (χ1v) is 10.5. The minimum Gasteiger partial charge on any atom is -0.494 e. The summed E-state index contributed by atoms with van der Waals surface area (Å²) in [4.78, 5) is 12.6. The summed E-state index contributed by atoms with van der Waals surface area (Å²) in [7, 11) is 1.49. The van der Waals surface area contributed by atoms with Gasteiger partial charge in [0.15, 0.2) is 11.6 Å². The van der Waals surface area contributed by atoms with Gasteiger partial charge in [0.1, 0.15) is 0 Å². The second-order valence-electron chi connectivity index (χ2n) is 9.83. The van der Waals surface area contributed by atoms with Crippen molar-refractivity contribution in [2.75, 3.05) is 13.7 Å². The number of benzene rings is 1. The first kappa shape index (κ1) is 19.7. The Morgan fingerprint density at radius 2 is 2.11 bits per heavy atom. The molecule has 1 aromatic rings. The molecule has 4 nitrogen and oxygen atoms in total. The van der Waals surface area contributed by atoms with E-state index in [0.717, 1.165) is 24.8 Å². The third-order valence-corrected chi connectivity index (χ3v) is 7.82. The molecule has 5 heteroatoms. The summed E-state index contributed by atoms with van der Waals surface area (Å²) < 4.78 is 25.4. The van der Waals surface area contributed by atoms with E-state index in [1.54, 1.807) is 6.07 Å². The van der Waals surface area contributed by atoms with Crippen LogP contribution in [0, 0.1) is 34.4 Å². The fourth-order valence-electron chi connectivity index (χ4n) is 6.28. The molecule has 0 radical (unpaired) electrons. The van der Waals surface area contributed by atoms with Crippen molar-refractivity contribution in [2.24, 2.45) is 28.6 Å². The number of nitrogens with one attached hydrogen (secondary N) is 1. The number of rotatable bonds is 4. The molecule has 5 atom stereocenters. The number of carbonyl (C=O) groups is 1.